The number of hydrogen-bond acceptors (Lipinski definition) is 7. The first kappa shape index (κ1) is 17.5. The summed E-state index contributed by atoms with van der Waals surface area (Å²) < 4.78 is 19.3. The van der Waals surface area contributed by atoms with E-state index >= 15 is 0 Å². The number of nitriles is 1. The lowest BCUT2D eigenvalue weighted by Gasteiger charge is -2.00. The number of anilines is 1. The maximum absolute atomic E-state index is 12.9. The Morgan fingerprint density at radius 2 is 2.12 bits per heavy atom. The van der Waals surface area contributed by atoms with E-state index in [-0.39, 0.29) is 11.3 Å². The van der Waals surface area contributed by atoms with Crippen molar-refractivity contribution in [1.29, 1.82) is 5.26 Å². The summed E-state index contributed by atoms with van der Waals surface area (Å²) in [5, 5.41) is 13.5. The molecule has 8 heteroatoms. The Balaban J connectivity index is 1.80. The monoisotopic (exact) mass is 368 g/mol. The van der Waals surface area contributed by atoms with Crippen LogP contribution < -0.4 is 10.2 Å². The fraction of sp³-hybridized carbons (Fsp3) is 0.111. The molecule has 26 heavy (non-hydrogen) atoms. The minimum absolute atomic E-state index is 0.180. The maximum Gasteiger partial charge on any atom is 0.223 e. The summed E-state index contributed by atoms with van der Waals surface area (Å²) in [5.74, 6) is -0.321. The van der Waals surface area contributed by atoms with Crippen molar-refractivity contribution >= 4 is 38.2 Å². The molecule has 0 saturated carbocycles. The number of hydrogen-bond donors (Lipinski definition) is 1. The molecule has 3 aromatic rings. The fourth-order valence-corrected chi connectivity index (χ4v) is 3.01. The number of fused-ring (bicyclic) bond motifs is 1. The summed E-state index contributed by atoms with van der Waals surface area (Å²) in [6.45, 7) is 2.47. The number of ether oxygens (including phenoxy) is 1. The van der Waals surface area contributed by atoms with Crippen molar-refractivity contribution in [3.05, 3.63) is 53.8 Å². The van der Waals surface area contributed by atoms with E-state index in [1.54, 1.807) is 6.07 Å². The zero-order valence-electron chi connectivity index (χ0n) is 13.7. The van der Waals surface area contributed by atoms with Crippen LogP contribution in [0, 0.1) is 17.1 Å². The molecule has 2 aromatic carbocycles. The number of carbonyl (C=O) groups excluding carboxylic acids is 1. The minimum atomic E-state index is -0.597. The Kier molecular flexibility index (Phi) is 5.20. The van der Waals surface area contributed by atoms with Gasteiger partial charge < -0.3 is 4.74 Å². The highest BCUT2D eigenvalue weighted by Crippen LogP contribution is 2.29. The summed E-state index contributed by atoms with van der Waals surface area (Å²) in [6, 6.07) is 12.2. The van der Waals surface area contributed by atoms with Gasteiger partial charge in [0.25, 0.3) is 0 Å². The van der Waals surface area contributed by atoms with Gasteiger partial charge in [-0.2, -0.15) is 10.4 Å². The van der Waals surface area contributed by atoms with Crippen LogP contribution in [0.3, 0.4) is 0 Å². The van der Waals surface area contributed by atoms with Crippen molar-refractivity contribution in [2.24, 2.45) is 5.10 Å². The molecule has 0 fully saturated rings. The van der Waals surface area contributed by atoms with Gasteiger partial charge in [0.15, 0.2) is 0 Å². The summed E-state index contributed by atoms with van der Waals surface area (Å²) in [4.78, 5) is 16.6. The van der Waals surface area contributed by atoms with Crippen LogP contribution in [0.15, 0.2) is 47.6 Å². The van der Waals surface area contributed by atoms with E-state index in [0.717, 1.165) is 28.1 Å². The molecule has 0 atom stereocenters. The van der Waals surface area contributed by atoms with Crippen molar-refractivity contribution in [2.75, 3.05) is 12.0 Å². The lowest BCUT2D eigenvalue weighted by Crippen LogP contribution is -2.14. The smallest absolute Gasteiger partial charge is 0.223 e. The van der Waals surface area contributed by atoms with Gasteiger partial charge in [0.1, 0.15) is 17.6 Å². The number of nitrogens with zero attached hydrogens (tertiary/aromatic N) is 3. The number of hydrazone groups is 1. The van der Waals surface area contributed by atoms with Crippen molar-refractivity contribution in [3.8, 4) is 11.8 Å². The van der Waals surface area contributed by atoms with E-state index in [1.165, 1.54) is 23.5 Å². The fourth-order valence-electron chi connectivity index (χ4n) is 2.18. The molecule has 0 radical (unpaired) electrons. The third kappa shape index (κ3) is 3.84. The van der Waals surface area contributed by atoms with Gasteiger partial charge in [0.05, 0.1) is 16.8 Å². The van der Waals surface area contributed by atoms with Crippen LogP contribution >= 0.6 is 11.3 Å². The average Bonchev–Trinajstić information content (AvgIpc) is 3.05. The molecular formula is C18H13FN4O2S. The Morgan fingerprint density at radius 1 is 1.35 bits per heavy atom. The maximum atomic E-state index is 12.9. The first-order chi connectivity index (χ1) is 12.6. The highest BCUT2D eigenvalue weighted by atomic mass is 32.1. The number of halogens is 1. The van der Waals surface area contributed by atoms with Crippen LogP contribution in [-0.2, 0) is 0 Å². The highest BCUT2D eigenvalue weighted by molar-refractivity contribution is 7.22. The van der Waals surface area contributed by atoms with Gasteiger partial charge in [-0.15, -0.1) is 0 Å². The summed E-state index contributed by atoms with van der Waals surface area (Å²) in [6.07, 6.45) is 0. The molecule has 1 aromatic heterocycles. The van der Waals surface area contributed by atoms with Crippen molar-refractivity contribution < 1.29 is 13.9 Å². The Hall–Kier alpha value is -3.31. The summed E-state index contributed by atoms with van der Waals surface area (Å²) in [7, 11) is 0. The molecule has 0 bridgehead atoms. The van der Waals surface area contributed by atoms with E-state index in [4.69, 9.17) is 4.74 Å². The second-order valence-corrected chi connectivity index (χ2v) is 6.13. The van der Waals surface area contributed by atoms with Crippen LogP contribution in [0.25, 0.3) is 10.2 Å². The van der Waals surface area contributed by atoms with E-state index in [0.29, 0.717) is 11.7 Å². The molecule has 0 aliphatic heterocycles. The Morgan fingerprint density at radius 3 is 2.81 bits per heavy atom. The van der Waals surface area contributed by atoms with Gasteiger partial charge in [-0.25, -0.2) is 9.37 Å². The lowest BCUT2D eigenvalue weighted by atomic mass is 10.1. The van der Waals surface area contributed by atoms with Gasteiger partial charge in [-0.3, -0.25) is 10.2 Å². The quantitative estimate of drug-likeness (QED) is 0.403. The standard InChI is InChI=1S/C18H13FN4O2S/c1-2-25-13-7-8-14-16(9-13)26-18(21-14)23-22-15(10-20)17(24)11-3-5-12(19)6-4-11/h3-9H,2H2,1H3,(H,21,23)/b22-15+. The molecular weight excluding hydrogens is 355 g/mol. The molecule has 0 aliphatic carbocycles. The third-order valence-electron chi connectivity index (χ3n) is 3.36. The van der Waals surface area contributed by atoms with Gasteiger partial charge in [-0.05, 0) is 49.4 Å². The number of aromatic nitrogens is 1. The molecule has 130 valence electrons. The second kappa shape index (κ2) is 7.72. The second-order valence-electron chi connectivity index (χ2n) is 5.10. The first-order valence-electron chi connectivity index (χ1n) is 7.68. The zero-order chi connectivity index (χ0) is 18.5. The molecule has 1 N–H and O–H groups in total. The Bertz CT molecular complexity index is 1020. The van der Waals surface area contributed by atoms with Crippen molar-refractivity contribution in [1.82, 2.24) is 4.98 Å². The SMILES string of the molecule is CCOc1ccc2nc(N/N=C(\C#N)C(=O)c3ccc(F)cc3)sc2c1. The molecule has 0 spiro atoms. The normalized spacial score (nSPS) is 11.2. The van der Waals surface area contributed by atoms with Gasteiger partial charge in [0, 0.05) is 5.56 Å². The summed E-state index contributed by atoms with van der Waals surface area (Å²) in [5.41, 5.74) is 3.22. The molecule has 6 nitrogen and oxygen atoms in total. The highest BCUT2D eigenvalue weighted by Gasteiger charge is 2.14. The van der Waals surface area contributed by atoms with Crippen LogP contribution in [-0.4, -0.2) is 23.1 Å². The van der Waals surface area contributed by atoms with Crippen molar-refractivity contribution in [3.63, 3.8) is 0 Å². The molecule has 0 amide bonds. The van der Waals surface area contributed by atoms with E-state index in [1.807, 2.05) is 25.1 Å². The van der Waals surface area contributed by atoms with Gasteiger partial charge in [-0.1, -0.05) is 11.3 Å². The first-order valence-corrected chi connectivity index (χ1v) is 8.50. The zero-order valence-corrected chi connectivity index (χ0v) is 14.5. The molecule has 0 saturated heterocycles. The molecule has 3 rings (SSSR count). The predicted molar refractivity (Wildman–Crippen MR) is 98.2 cm³/mol. The van der Waals surface area contributed by atoms with E-state index in [9.17, 15) is 14.4 Å². The van der Waals surface area contributed by atoms with Crippen molar-refractivity contribution in [2.45, 2.75) is 6.92 Å². The van der Waals surface area contributed by atoms with Crippen LogP contribution in [0.1, 0.15) is 17.3 Å². The third-order valence-corrected chi connectivity index (χ3v) is 4.28. The Labute approximate surface area is 152 Å². The lowest BCUT2D eigenvalue weighted by molar-refractivity contribution is 0.106. The van der Waals surface area contributed by atoms with Crippen LogP contribution in [0.2, 0.25) is 0 Å². The predicted octanol–water partition coefficient (Wildman–Crippen LogP) is 4.01. The van der Waals surface area contributed by atoms with E-state index in [2.05, 4.69) is 15.5 Å². The number of Topliss-reactive ketones (excluding diaryl/α,β-unsaturated/α-hetero) is 1. The van der Waals surface area contributed by atoms with Crippen LogP contribution in [0.4, 0.5) is 9.52 Å². The number of carbonyl (C=O) groups is 1. The number of thiazole rings is 1. The topological polar surface area (TPSA) is 87.4 Å². The summed E-state index contributed by atoms with van der Waals surface area (Å²) >= 11 is 1.32. The molecule has 0 unspecified atom stereocenters. The largest absolute Gasteiger partial charge is 0.494 e. The minimum Gasteiger partial charge on any atom is -0.494 e. The number of rotatable bonds is 6. The van der Waals surface area contributed by atoms with Crippen LogP contribution in [0.5, 0.6) is 5.75 Å². The molecule has 1 heterocycles. The average molecular weight is 368 g/mol. The van der Waals surface area contributed by atoms with E-state index < -0.39 is 11.6 Å². The number of benzene rings is 2. The van der Waals surface area contributed by atoms with Gasteiger partial charge in [0.2, 0.25) is 16.6 Å². The van der Waals surface area contributed by atoms with Gasteiger partial charge >= 0.3 is 0 Å². The number of nitrogens with one attached hydrogen (secondary N) is 1. The molecule has 0 aliphatic rings. The number of ketones is 1.